The zero-order valence-corrected chi connectivity index (χ0v) is 14.3. The number of nitrogens with one attached hydrogen (secondary N) is 2. The van der Waals surface area contributed by atoms with E-state index in [0.717, 1.165) is 10.0 Å². The van der Waals surface area contributed by atoms with Crippen LogP contribution in [0, 0.1) is 6.92 Å². The molecule has 0 unspecified atom stereocenters. The third-order valence-electron chi connectivity index (χ3n) is 3.66. The number of thiazole rings is 1. The number of carbonyl (C=O) groups is 1. The largest absolute Gasteiger partial charge is 0.422 e. The molecule has 0 atom stereocenters. The molecule has 8 nitrogen and oxygen atoms in total. The molecular weight excluding hydrogens is 340 g/mol. The van der Waals surface area contributed by atoms with Gasteiger partial charge in [0.1, 0.15) is 18.1 Å². The number of carbonyl (C=O) groups excluding carboxylic acids is 1. The standard InChI is InChI=1S/C16H16N6O2S/c1-10-7-18-15(25-10)21-13-4-2-3-11(20-13)12-8-19-16(24-12)22-6-5-17-14(23)9-22/h2-4,7-8H,5-6,9H2,1H3,(H,17,23)(H,18,20,21). The summed E-state index contributed by atoms with van der Waals surface area (Å²) in [5, 5.41) is 6.75. The van der Waals surface area contributed by atoms with Gasteiger partial charge in [0.05, 0.1) is 6.20 Å². The summed E-state index contributed by atoms with van der Waals surface area (Å²) >= 11 is 1.56. The van der Waals surface area contributed by atoms with Gasteiger partial charge in [-0.25, -0.2) is 15.0 Å². The summed E-state index contributed by atoms with van der Waals surface area (Å²) in [4.78, 5) is 27.5. The van der Waals surface area contributed by atoms with Crippen LogP contribution >= 0.6 is 11.3 Å². The van der Waals surface area contributed by atoms with Gasteiger partial charge in [-0.15, -0.1) is 11.3 Å². The number of oxazole rings is 1. The molecule has 2 N–H and O–H groups in total. The molecular formula is C16H16N6O2S. The Kier molecular flexibility index (Phi) is 4.06. The minimum atomic E-state index is -0.0333. The fourth-order valence-corrected chi connectivity index (χ4v) is 3.17. The number of hydrogen-bond donors (Lipinski definition) is 2. The van der Waals surface area contributed by atoms with E-state index in [1.54, 1.807) is 17.5 Å². The first-order valence-corrected chi connectivity index (χ1v) is 8.63. The lowest BCUT2D eigenvalue weighted by molar-refractivity contribution is -0.120. The Balaban J connectivity index is 1.54. The van der Waals surface area contributed by atoms with Crippen molar-refractivity contribution in [3.05, 3.63) is 35.5 Å². The molecule has 128 valence electrons. The summed E-state index contributed by atoms with van der Waals surface area (Å²) in [6.45, 7) is 3.51. The first kappa shape index (κ1) is 15.6. The molecule has 25 heavy (non-hydrogen) atoms. The monoisotopic (exact) mass is 356 g/mol. The molecule has 0 bridgehead atoms. The highest BCUT2D eigenvalue weighted by Crippen LogP contribution is 2.26. The molecule has 4 heterocycles. The molecule has 1 saturated heterocycles. The number of piperazine rings is 1. The van der Waals surface area contributed by atoms with E-state index in [-0.39, 0.29) is 12.5 Å². The maximum absolute atomic E-state index is 11.5. The van der Waals surface area contributed by atoms with Gasteiger partial charge >= 0.3 is 0 Å². The first-order valence-electron chi connectivity index (χ1n) is 7.82. The second-order valence-corrected chi connectivity index (χ2v) is 6.82. The summed E-state index contributed by atoms with van der Waals surface area (Å²) in [7, 11) is 0. The number of rotatable bonds is 4. The van der Waals surface area contributed by atoms with E-state index < -0.39 is 0 Å². The quantitative estimate of drug-likeness (QED) is 0.739. The molecule has 3 aromatic heterocycles. The molecule has 0 aliphatic carbocycles. The second kappa shape index (κ2) is 6.52. The van der Waals surface area contributed by atoms with Gasteiger partial charge in [0.25, 0.3) is 6.01 Å². The molecule has 4 rings (SSSR count). The lowest BCUT2D eigenvalue weighted by Gasteiger charge is -2.24. The number of pyridine rings is 1. The minimum Gasteiger partial charge on any atom is -0.422 e. The molecule has 3 aromatic rings. The van der Waals surface area contributed by atoms with E-state index in [0.29, 0.717) is 36.4 Å². The molecule has 1 fully saturated rings. The smallest absolute Gasteiger partial charge is 0.298 e. The Morgan fingerprint density at radius 3 is 3.04 bits per heavy atom. The van der Waals surface area contributed by atoms with Gasteiger partial charge in [0.2, 0.25) is 5.91 Å². The second-order valence-electron chi connectivity index (χ2n) is 5.59. The molecule has 1 aliphatic heterocycles. The van der Waals surface area contributed by atoms with Gasteiger partial charge in [-0.1, -0.05) is 6.07 Å². The highest BCUT2D eigenvalue weighted by atomic mass is 32.1. The Hall–Kier alpha value is -2.94. The zero-order valence-electron chi connectivity index (χ0n) is 13.5. The third-order valence-corrected chi connectivity index (χ3v) is 4.49. The highest BCUT2D eigenvalue weighted by Gasteiger charge is 2.21. The Bertz CT molecular complexity index is 905. The van der Waals surface area contributed by atoms with Gasteiger partial charge < -0.3 is 20.0 Å². The lowest BCUT2D eigenvalue weighted by Crippen LogP contribution is -2.47. The number of aryl methyl sites for hydroxylation is 1. The van der Waals surface area contributed by atoms with Crippen LogP contribution in [0.4, 0.5) is 17.0 Å². The van der Waals surface area contributed by atoms with Crippen LogP contribution < -0.4 is 15.5 Å². The van der Waals surface area contributed by atoms with Crippen molar-refractivity contribution in [2.24, 2.45) is 0 Å². The van der Waals surface area contributed by atoms with Crippen LogP contribution in [0.25, 0.3) is 11.5 Å². The maximum atomic E-state index is 11.5. The summed E-state index contributed by atoms with van der Waals surface area (Å²) in [6.07, 6.45) is 3.44. The molecule has 1 amide bonds. The molecule has 0 aromatic carbocycles. The Labute approximate surface area is 147 Å². The summed E-state index contributed by atoms with van der Waals surface area (Å²) in [5.41, 5.74) is 0.665. The van der Waals surface area contributed by atoms with E-state index in [4.69, 9.17) is 4.42 Å². The predicted octanol–water partition coefficient (Wildman–Crippen LogP) is 2.18. The summed E-state index contributed by atoms with van der Waals surface area (Å²) in [6, 6.07) is 6.04. The fourth-order valence-electron chi connectivity index (χ4n) is 2.50. The summed E-state index contributed by atoms with van der Waals surface area (Å²) < 4.78 is 5.80. The molecule has 0 spiro atoms. The minimum absolute atomic E-state index is 0.0333. The molecule has 9 heteroatoms. The van der Waals surface area contributed by atoms with Gasteiger partial charge in [0.15, 0.2) is 10.9 Å². The van der Waals surface area contributed by atoms with Crippen molar-refractivity contribution in [2.45, 2.75) is 6.92 Å². The van der Waals surface area contributed by atoms with Crippen LogP contribution in [-0.2, 0) is 4.79 Å². The first-order chi connectivity index (χ1) is 12.2. The van der Waals surface area contributed by atoms with Crippen molar-refractivity contribution in [1.82, 2.24) is 20.3 Å². The Morgan fingerprint density at radius 2 is 2.24 bits per heavy atom. The normalized spacial score (nSPS) is 14.4. The van der Waals surface area contributed by atoms with Gasteiger partial charge in [-0.3, -0.25) is 4.79 Å². The zero-order chi connectivity index (χ0) is 17.2. The van der Waals surface area contributed by atoms with Crippen LogP contribution in [0.1, 0.15) is 4.88 Å². The summed E-state index contributed by atoms with van der Waals surface area (Å²) in [5.74, 6) is 1.20. The lowest BCUT2D eigenvalue weighted by atomic mass is 10.3. The average molecular weight is 356 g/mol. The molecule has 0 saturated carbocycles. The highest BCUT2D eigenvalue weighted by molar-refractivity contribution is 7.15. The average Bonchev–Trinajstić information content (AvgIpc) is 3.25. The van der Waals surface area contributed by atoms with Gasteiger partial charge in [-0.2, -0.15) is 0 Å². The van der Waals surface area contributed by atoms with Crippen molar-refractivity contribution < 1.29 is 9.21 Å². The predicted molar refractivity (Wildman–Crippen MR) is 95.1 cm³/mol. The van der Waals surface area contributed by atoms with E-state index >= 15 is 0 Å². The van der Waals surface area contributed by atoms with Gasteiger partial charge in [0, 0.05) is 24.2 Å². The van der Waals surface area contributed by atoms with Gasteiger partial charge in [-0.05, 0) is 19.1 Å². The van der Waals surface area contributed by atoms with Crippen molar-refractivity contribution in [2.75, 3.05) is 29.9 Å². The number of amides is 1. The van der Waals surface area contributed by atoms with Crippen LogP contribution in [0.5, 0.6) is 0 Å². The number of nitrogens with zero attached hydrogens (tertiary/aromatic N) is 4. The van der Waals surface area contributed by atoms with Crippen molar-refractivity contribution >= 4 is 34.2 Å². The van der Waals surface area contributed by atoms with Crippen LogP contribution in [0.2, 0.25) is 0 Å². The van der Waals surface area contributed by atoms with Crippen molar-refractivity contribution in [1.29, 1.82) is 0 Å². The van der Waals surface area contributed by atoms with Crippen molar-refractivity contribution in [3.63, 3.8) is 0 Å². The number of hydrogen-bond acceptors (Lipinski definition) is 8. The molecule has 1 aliphatic rings. The van der Waals surface area contributed by atoms with E-state index in [1.807, 2.05) is 36.2 Å². The van der Waals surface area contributed by atoms with E-state index in [2.05, 4.69) is 25.6 Å². The Morgan fingerprint density at radius 1 is 1.32 bits per heavy atom. The van der Waals surface area contributed by atoms with E-state index in [1.165, 1.54) is 0 Å². The van der Waals surface area contributed by atoms with E-state index in [9.17, 15) is 4.79 Å². The SMILES string of the molecule is Cc1cnc(Nc2cccc(-c3cnc(N4CCNC(=O)C4)o3)n2)s1. The van der Waals surface area contributed by atoms with Crippen LogP contribution in [0.15, 0.2) is 35.0 Å². The van der Waals surface area contributed by atoms with Crippen LogP contribution in [-0.4, -0.2) is 40.5 Å². The van der Waals surface area contributed by atoms with Crippen LogP contribution in [0.3, 0.4) is 0 Å². The third kappa shape index (κ3) is 3.45. The topological polar surface area (TPSA) is 96.2 Å². The van der Waals surface area contributed by atoms with Crippen molar-refractivity contribution in [3.8, 4) is 11.5 Å². The fraction of sp³-hybridized carbons (Fsp3) is 0.250. The number of aromatic nitrogens is 3. The number of anilines is 3. The molecule has 0 radical (unpaired) electrons. The maximum Gasteiger partial charge on any atom is 0.298 e.